The van der Waals surface area contributed by atoms with E-state index in [1.807, 2.05) is 13.8 Å². The molecule has 0 bridgehead atoms. The first-order valence-corrected chi connectivity index (χ1v) is 39.7. The monoisotopic (exact) mass is 1360 g/mol. The van der Waals surface area contributed by atoms with E-state index in [2.05, 4.69) is 147 Å². The third-order valence-electron chi connectivity index (χ3n) is 22.7. The first kappa shape index (κ1) is 70.0. The standard InChI is InChI=1S/C94H106O8/c1-5-7-9-11-13-15-17-19-21-23-29-63-51-75-71-31-25-33-73-79-55-67(65-35-39-69(40-36-65)101-59-61(3)99-49-47-97-45-27-43-95)57-81-82-58-68(66-37-41-70(42-38-66)102-60-62(4)100-50-48-98-46-28-44-96)56-80-74-34-26-32-72-76-52-64(30-24-22-20-18-16-14-12-10-8-6-2)54-78-77(53-63)85(75)91-89(83(71)73)93(87(79)81)94(88(80)82)90(84(72)74)92(91)86(76)78/h25-26,31-42,51-58,61-62,95-96H,5-24,27-30,43-50,59-60H2,1-4H3/t61-,62-/m1/s1. The van der Waals surface area contributed by atoms with Gasteiger partial charge in [0.2, 0.25) is 0 Å². The van der Waals surface area contributed by atoms with Gasteiger partial charge in [0.15, 0.2) is 0 Å². The van der Waals surface area contributed by atoms with E-state index in [1.165, 1.54) is 280 Å². The van der Waals surface area contributed by atoms with E-state index in [0.717, 1.165) is 35.5 Å². The third-order valence-corrected chi connectivity index (χ3v) is 22.7. The van der Waals surface area contributed by atoms with Crippen LogP contribution >= 0.6 is 0 Å². The molecule has 0 aliphatic carbocycles. The lowest BCUT2D eigenvalue weighted by Gasteiger charge is -2.30. The molecule has 0 aliphatic rings. The number of ether oxygens (including phenoxy) is 6. The topological polar surface area (TPSA) is 95.8 Å². The molecule has 0 saturated carbocycles. The summed E-state index contributed by atoms with van der Waals surface area (Å²) in [6.45, 7) is 12.8. The fourth-order valence-electron chi connectivity index (χ4n) is 17.7. The lowest BCUT2D eigenvalue weighted by molar-refractivity contribution is -0.00759. The number of unbranched alkanes of at least 4 members (excludes halogenated alkanes) is 18. The van der Waals surface area contributed by atoms with Crippen molar-refractivity contribution in [3.8, 4) is 33.8 Å². The fourth-order valence-corrected chi connectivity index (χ4v) is 17.7. The largest absolute Gasteiger partial charge is 0.491 e. The Morgan fingerprint density at radius 3 is 0.882 bits per heavy atom. The van der Waals surface area contributed by atoms with Crippen molar-refractivity contribution >= 4 is 129 Å². The average Bonchev–Trinajstić information content (AvgIpc) is 0.644. The molecule has 2 N–H and O–H groups in total. The maximum Gasteiger partial charge on any atom is 0.119 e. The number of aryl methyl sites for hydroxylation is 2. The summed E-state index contributed by atoms with van der Waals surface area (Å²) >= 11 is 0. The van der Waals surface area contributed by atoms with E-state index in [-0.39, 0.29) is 25.4 Å². The molecule has 0 heterocycles. The Balaban J connectivity index is 0.902. The van der Waals surface area contributed by atoms with Crippen molar-refractivity contribution in [2.75, 3.05) is 66.1 Å². The number of benzene rings is 15. The van der Waals surface area contributed by atoms with Crippen molar-refractivity contribution in [2.24, 2.45) is 0 Å². The number of hydrogen-bond acceptors (Lipinski definition) is 8. The van der Waals surface area contributed by atoms with E-state index < -0.39 is 0 Å². The highest BCUT2D eigenvalue weighted by Gasteiger charge is 2.33. The van der Waals surface area contributed by atoms with Crippen LogP contribution in [0.2, 0.25) is 0 Å². The Labute approximate surface area is 602 Å². The minimum absolute atomic E-state index is 0.117. The van der Waals surface area contributed by atoms with Gasteiger partial charge in [0, 0.05) is 26.4 Å². The molecule has 2 atom stereocenters. The van der Waals surface area contributed by atoms with Gasteiger partial charge in [-0.1, -0.05) is 214 Å². The molecule has 0 fully saturated rings. The molecule has 8 heteroatoms. The van der Waals surface area contributed by atoms with Crippen molar-refractivity contribution in [1.82, 2.24) is 0 Å². The Morgan fingerprint density at radius 2 is 0.559 bits per heavy atom. The van der Waals surface area contributed by atoms with Crippen LogP contribution < -0.4 is 9.47 Å². The van der Waals surface area contributed by atoms with E-state index in [9.17, 15) is 0 Å². The van der Waals surface area contributed by atoms with Crippen molar-refractivity contribution in [2.45, 2.75) is 194 Å². The molecule has 0 unspecified atom stereocenters. The fraction of sp³-hybridized carbons (Fsp3) is 0.426. The molecule has 15 rings (SSSR count). The van der Waals surface area contributed by atoms with Gasteiger partial charge in [-0.05, 0) is 264 Å². The third kappa shape index (κ3) is 14.0. The molecule has 0 radical (unpaired) electrons. The summed E-state index contributed by atoms with van der Waals surface area (Å²) in [5.41, 5.74) is 7.56. The van der Waals surface area contributed by atoms with Crippen LogP contribution in [0.4, 0.5) is 0 Å². The van der Waals surface area contributed by atoms with Crippen LogP contribution in [0.3, 0.4) is 0 Å². The van der Waals surface area contributed by atoms with Crippen LogP contribution in [0.1, 0.15) is 180 Å². The smallest absolute Gasteiger partial charge is 0.119 e. The zero-order valence-corrected chi connectivity index (χ0v) is 61.2. The van der Waals surface area contributed by atoms with Crippen LogP contribution in [0.15, 0.2) is 133 Å². The summed E-state index contributed by atoms with van der Waals surface area (Å²) < 4.78 is 36.1. The van der Waals surface area contributed by atoms with E-state index in [0.29, 0.717) is 65.7 Å². The zero-order chi connectivity index (χ0) is 69.5. The maximum atomic E-state index is 9.16. The van der Waals surface area contributed by atoms with Gasteiger partial charge >= 0.3 is 0 Å². The Bertz CT molecular complexity index is 4840. The quantitative estimate of drug-likeness (QED) is 0.0222. The highest BCUT2D eigenvalue weighted by Crippen LogP contribution is 2.61. The summed E-state index contributed by atoms with van der Waals surface area (Å²) in [5, 5.41) is 51.4. The number of fused-ring (bicyclic) bond motifs is 6. The Kier molecular flexibility index (Phi) is 22.4. The molecular weight excluding hydrogens is 1260 g/mol. The van der Waals surface area contributed by atoms with Crippen molar-refractivity contribution in [3.05, 3.63) is 145 Å². The van der Waals surface area contributed by atoms with Crippen LogP contribution in [0.5, 0.6) is 11.5 Å². The highest BCUT2D eigenvalue weighted by molar-refractivity contribution is 6.61. The molecule has 0 aliphatic heterocycles. The van der Waals surface area contributed by atoms with Gasteiger partial charge in [-0.25, -0.2) is 0 Å². The molecular formula is C94H106O8. The van der Waals surface area contributed by atoms with Gasteiger partial charge < -0.3 is 38.6 Å². The predicted molar refractivity (Wildman–Crippen MR) is 432 cm³/mol. The zero-order valence-electron chi connectivity index (χ0n) is 61.2. The summed E-state index contributed by atoms with van der Waals surface area (Å²) in [4.78, 5) is 0. The molecule has 15 aromatic rings. The predicted octanol–water partition coefficient (Wildman–Crippen LogP) is 24.8. The number of aliphatic hydroxyl groups is 2. The Morgan fingerprint density at radius 1 is 0.275 bits per heavy atom. The minimum Gasteiger partial charge on any atom is -0.491 e. The van der Waals surface area contributed by atoms with Crippen molar-refractivity contribution < 1.29 is 38.6 Å². The van der Waals surface area contributed by atoms with E-state index >= 15 is 0 Å². The van der Waals surface area contributed by atoms with Gasteiger partial charge in [0.25, 0.3) is 0 Å². The summed E-state index contributed by atoms with van der Waals surface area (Å²) in [6.07, 6.45) is 29.8. The Hall–Kier alpha value is -7.66. The molecule has 0 spiro atoms. The average molecular weight is 1360 g/mol. The van der Waals surface area contributed by atoms with Gasteiger partial charge in [0.05, 0.1) is 38.6 Å². The molecule has 0 saturated heterocycles. The van der Waals surface area contributed by atoms with E-state index in [4.69, 9.17) is 38.6 Å². The van der Waals surface area contributed by atoms with Gasteiger partial charge in [-0.3, -0.25) is 0 Å². The second kappa shape index (κ2) is 32.6. The second-order valence-corrected chi connectivity index (χ2v) is 30.0. The number of rotatable bonds is 44. The first-order chi connectivity index (χ1) is 50.3. The van der Waals surface area contributed by atoms with Crippen molar-refractivity contribution in [3.63, 3.8) is 0 Å². The minimum atomic E-state index is -0.117. The van der Waals surface area contributed by atoms with Gasteiger partial charge in [-0.15, -0.1) is 0 Å². The lowest BCUT2D eigenvalue weighted by Crippen LogP contribution is -2.20. The maximum absolute atomic E-state index is 9.16. The lowest BCUT2D eigenvalue weighted by atomic mass is 9.72. The van der Waals surface area contributed by atoms with Gasteiger partial charge in [0.1, 0.15) is 24.7 Å². The number of hydrogen-bond donors (Lipinski definition) is 2. The van der Waals surface area contributed by atoms with Crippen LogP contribution in [0.25, 0.3) is 152 Å². The molecule has 102 heavy (non-hydrogen) atoms. The molecule has 0 aromatic heterocycles. The SMILES string of the molecule is CCCCCCCCCCCCc1cc2c3cccc4c5cc(-c6ccc(OC[C@@H](C)OCCOCCCO)cc6)cc6c7cc(-c8ccc(OC[C@@H](C)OCCOCCCO)cc8)cc8c9cccc%10c%11cc(CCCCCCCCCCCC)cc%12c(c1)c2c1c(c34)c(c56)c(c87)c(c%109)c1c%11%12. The summed E-state index contributed by atoms with van der Waals surface area (Å²) in [6, 6.07) is 52.7. The van der Waals surface area contributed by atoms with Crippen LogP contribution in [-0.2, 0) is 31.8 Å². The normalized spacial score (nSPS) is 13.2. The van der Waals surface area contributed by atoms with Crippen LogP contribution in [-0.4, -0.2) is 88.5 Å². The van der Waals surface area contributed by atoms with E-state index in [1.54, 1.807) is 0 Å². The molecule has 530 valence electrons. The summed E-state index contributed by atoms with van der Waals surface area (Å²) in [5.74, 6) is 1.61. The highest BCUT2D eigenvalue weighted by atomic mass is 16.6. The molecule has 0 amide bonds. The van der Waals surface area contributed by atoms with Gasteiger partial charge in [-0.2, -0.15) is 0 Å². The molecule has 8 nitrogen and oxygen atoms in total. The summed E-state index contributed by atoms with van der Waals surface area (Å²) in [7, 11) is 0. The molecule has 15 aromatic carbocycles. The van der Waals surface area contributed by atoms with Crippen molar-refractivity contribution in [1.29, 1.82) is 0 Å². The second-order valence-electron chi connectivity index (χ2n) is 30.0. The number of aliphatic hydroxyl groups excluding tert-OH is 2. The first-order valence-electron chi connectivity index (χ1n) is 39.7. The van der Waals surface area contributed by atoms with Crippen LogP contribution in [0, 0.1) is 0 Å².